The Morgan fingerprint density at radius 1 is 1.17 bits per heavy atom. The largest absolute Gasteiger partial charge is 0.490 e. The Balaban J connectivity index is 2.12. The smallest absolute Gasteiger partial charge is 0.255 e. The molecule has 24 heavy (non-hydrogen) atoms. The molecule has 3 N–H and O–H groups in total. The number of amides is 1. The van der Waals surface area contributed by atoms with Crippen molar-refractivity contribution in [3.8, 4) is 11.5 Å². The van der Waals surface area contributed by atoms with Crippen LogP contribution in [0.2, 0.25) is 0 Å². The maximum absolute atomic E-state index is 12.4. The van der Waals surface area contributed by atoms with Crippen molar-refractivity contribution >= 4 is 17.4 Å². The van der Waals surface area contributed by atoms with Gasteiger partial charge in [-0.15, -0.1) is 0 Å². The van der Waals surface area contributed by atoms with E-state index in [0.717, 1.165) is 12.8 Å². The Morgan fingerprint density at radius 3 is 2.67 bits per heavy atom. The van der Waals surface area contributed by atoms with Crippen molar-refractivity contribution in [2.45, 2.75) is 26.7 Å². The summed E-state index contributed by atoms with van der Waals surface area (Å²) < 4.78 is 11.3. The summed E-state index contributed by atoms with van der Waals surface area (Å²) in [5, 5.41) is 2.77. The number of carbonyl (C=O) groups is 1. The molecule has 6 heteroatoms. The number of nitrogen functional groups attached to an aromatic ring is 1. The molecular formula is C18H23N3O3. The van der Waals surface area contributed by atoms with Crippen molar-refractivity contribution in [2.24, 2.45) is 0 Å². The van der Waals surface area contributed by atoms with Crippen LogP contribution in [0.25, 0.3) is 0 Å². The molecule has 1 heterocycles. The van der Waals surface area contributed by atoms with Crippen molar-refractivity contribution in [3.63, 3.8) is 0 Å². The third kappa shape index (κ3) is 4.87. The van der Waals surface area contributed by atoms with Crippen LogP contribution in [0.15, 0.2) is 36.5 Å². The van der Waals surface area contributed by atoms with E-state index in [1.807, 2.05) is 6.92 Å². The maximum atomic E-state index is 12.4. The predicted octanol–water partition coefficient (Wildman–Crippen LogP) is 3.49. The number of aromatic nitrogens is 1. The first-order valence-electron chi connectivity index (χ1n) is 8.06. The quantitative estimate of drug-likeness (QED) is 0.724. The molecule has 0 aliphatic heterocycles. The minimum atomic E-state index is -0.248. The number of nitrogens with zero attached hydrogens (tertiary/aromatic N) is 1. The zero-order valence-corrected chi connectivity index (χ0v) is 14.0. The first kappa shape index (κ1) is 17.6. The molecule has 0 saturated heterocycles. The zero-order chi connectivity index (χ0) is 17.4. The van der Waals surface area contributed by atoms with Crippen LogP contribution >= 0.6 is 0 Å². The maximum Gasteiger partial charge on any atom is 0.255 e. The van der Waals surface area contributed by atoms with E-state index in [1.165, 1.54) is 6.20 Å². The molecule has 2 aromatic rings. The fourth-order valence-corrected chi connectivity index (χ4v) is 2.05. The van der Waals surface area contributed by atoms with Crippen LogP contribution in [0.1, 0.15) is 37.0 Å². The van der Waals surface area contributed by atoms with E-state index < -0.39 is 0 Å². The van der Waals surface area contributed by atoms with Gasteiger partial charge in [-0.1, -0.05) is 13.3 Å². The monoisotopic (exact) mass is 329 g/mol. The van der Waals surface area contributed by atoms with E-state index in [0.29, 0.717) is 41.8 Å². The van der Waals surface area contributed by atoms with Crippen LogP contribution in [0, 0.1) is 0 Å². The number of hydrogen-bond donors (Lipinski definition) is 2. The van der Waals surface area contributed by atoms with Gasteiger partial charge >= 0.3 is 0 Å². The van der Waals surface area contributed by atoms with Crippen molar-refractivity contribution < 1.29 is 14.3 Å². The molecule has 0 fully saturated rings. The summed E-state index contributed by atoms with van der Waals surface area (Å²) >= 11 is 0. The molecule has 128 valence electrons. The lowest BCUT2D eigenvalue weighted by atomic mass is 10.2. The molecule has 0 atom stereocenters. The van der Waals surface area contributed by atoms with Gasteiger partial charge in [0.15, 0.2) is 11.5 Å². The first-order valence-corrected chi connectivity index (χ1v) is 8.06. The lowest BCUT2D eigenvalue weighted by Crippen LogP contribution is -2.12. The molecule has 0 spiro atoms. The third-order valence-corrected chi connectivity index (χ3v) is 3.31. The van der Waals surface area contributed by atoms with Crippen molar-refractivity contribution in [1.82, 2.24) is 4.98 Å². The average Bonchev–Trinajstić information content (AvgIpc) is 2.58. The van der Waals surface area contributed by atoms with Gasteiger partial charge in [0, 0.05) is 5.56 Å². The minimum absolute atomic E-state index is 0.248. The summed E-state index contributed by atoms with van der Waals surface area (Å²) in [6.45, 7) is 5.12. The highest BCUT2D eigenvalue weighted by Gasteiger charge is 2.12. The lowest BCUT2D eigenvalue weighted by molar-refractivity contribution is 0.102. The average molecular weight is 329 g/mol. The Labute approximate surface area is 142 Å². The molecule has 0 aliphatic carbocycles. The summed E-state index contributed by atoms with van der Waals surface area (Å²) in [6.07, 6.45) is 3.54. The fourth-order valence-electron chi connectivity index (χ4n) is 2.05. The highest BCUT2D eigenvalue weighted by atomic mass is 16.5. The lowest BCUT2D eigenvalue weighted by Gasteiger charge is -2.13. The SMILES string of the molecule is CCCCOc1ccc(C(=O)Nc2ccc(N)nc2)cc1OCC. The van der Waals surface area contributed by atoms with Gasteiger partial charge in [0.2, 0.25) is 0 Å². The van der Waals surface area contributed by atoms with Crippen molar-refractivity contribution in [1.29, 1.82) is 0 Å². The topological polar surface area (TPSA) is 86.5 Å². The summed E-state index contributed by atoms with van der Waals surface area (Å²) in [4.78, 5) is 16.3. The predicted molar refractivity (Wildman–Crippen MR) is 94.6 cm³/mol. The zero-order valence-electron chi connectivity index (χ0n) is 14.0. The van der Waals surface area contributed by atoms with Crippen LogP contribution in [0.5, 0.6) is 11.5 Å². The normalized spacial score (nSPS) is 10.2. The van der Waals surface area contributed by atoms with Crippen LogP contribution < -0.4 is 20.5 Å². The Bertz CT molecular complexity index is 672. The minimum Gasteiger partial charge on any atom is -0.490 e. The number of rotatable bonds is 8. The van der Waals surface area contributed by atoms with Crippen LogP contribution in [-0.4, -0.2) is 24.1 Å². The molecule has 0 radical (unpaired) electrons. The molecule has 0 saturated carbocycles. The number of nitrogens with one attached hydrogen (secondary N) is 1. The molecule has 1 aromatic carbocycles. The van der Waals surface area contributed by atoms with E-state index in [2.05, 4.69) is 17.2 Å². The van der Waals surface area contributed by atoms with Crippen LogP contribution in [0.3, 0.4) is 0 Å². The van der Waals surface area contributed by atoms with Gasteiger partial charge in [0.05, 0.1) is 25.1 Å². The molecular weight excluding hydrogens is 306 g/mol. The molecule has 1 aromatic heterocycles. The fraction of sp³-hybridized carbons (Fsp3) is 0.333. The van der Waals surface area contributed by atoms with Crippen LogP contribution in [-0.2, 0) is 0 Å². The summed E-state index contributed by atoms with van der Waals surface area (Å²) in [6, 6.07) is 8.49. The Morgan fingerprint density at radius 2 is 2.00 bits per heavy atom. The molecule has 0 bridgehead atoms. The number of ether oxygens (including phenoxy) is 2. The second-order valence-corrected chi connectivity index (χ2v) is 5.22. The van der Waals surface area contributed by atoms with Gasteiger partial charge in [-0.25, -0.2) is 4.98 Å². The van der Waals surface area contributed by atoms with E-state index in [9.17, 15) is 4.79 Å². The van der Waals surface area contributed by atoms with Gasteiger partial charge in [0.1, 0.15) is 5.82 Å². The number of benzene rings is 1. The van der Waals surface area contributed by atoms with Gasteiger partial charge in [-0.3, -0.25) is 4.79 Å². The van der Waals surface area contributed by atoms with Crippen molar-refractivity contribution in [3.05, 3.63) is 42.1 Å². The van der Waals surface area contributed by atoms with E-state index in [-0.39, 0.29) is 5.91 Å². The molecule has 0 aliphatic rings. The third-order valence-electron chi connectivity index (χ3n) is 3.31. The van der Waals surface area contributed by atoms with Gasteiger partial charge < -0.3 is 20.5 Å². The highest BCUT2D eigenvalue weighted by molar-refractivity contribution is 6.04. The Hall–Kier alpha value is -2.76. The number of anilines is 2. The molecule has 2 rings (SSSR count). The highest BCUT2D eigenvalue weighted by Crippen LogP contribution is 2.29. The van der Waals surface area contributed by atoms with Crippen molar-refractivity contribution in [2.75, 3.05) is 24.3 Å². The summed E-state index contributed by atoms with van der Waals surface area (Å²) in [5.41, 5.74) is 6.60. The van der Waals surface area contributed by atoms with Gasteiger partial charge in [-0.2, -0.15) is 0 Å². The first-order chi connectivity index (χ1) is 11.6. The number of pyridine rings is 1. The summed E-state index contributed by atoms with van der Waals surface area (Å²) in [7, 11) is 0. The second kappa shape index (κ2) is 8.76. The number of hydrogen-bond acceptors (Lipinski definition) is 5. The number of nitrogens with two attached hydrogens (primary N) is 1. The molecule has 1 amide bonds. The van der Waals surface area contributed by atoms with E-state index in [4.69, 9.17) is 15.2 Å². The number of carbonyl (C=O) groups excluding carboxylic acids is 1. The molecule has 6 nitrogen and oxygen atoms in total. The van der Waals surface area contributed by atoms with E-state index in [1.54, 1.807) is 30.3 Å². The summed E-state index contributed by atoms with van der Waals surface area (Å²) in [5.74, 6) is 1.37. The van der Waals surface area contributed by atoms with Gasteiger partial charge in [0.25, 0.3) is 5.91 Å². The molecule has 0 unspecified atom stereocenters. The van der Waals surface area contributed by atoms with Crippen LogP contribution in [0.4, 0.5) is 11.5 Å². The van der Waals surface area contributed by atoms with Gasteiger partial charge in [-0.05, 0) is 43.7 Å². The number of unbranched alkanes of at least 4 members (excludes halogenated alkanes) is 1. The second-order valence-electron chi connectivity index (χ2n) is 5.22. The van der Waals surface area contributed by atoms with E-state index >= 15 is 0 Å². The standard InChI is InChI=1S/C18H23N3O3/c1-3-5-10-24-15-8-6-13(11-16(15)23-4-2)18(22)21-14-7-9-17(19)20-12-14/h6-9,11-12H,3-5,10H2,1-2H3,(H2,19,20)(H,21,22). The Kier molecular flexibility index (Phi) is 6.42.